The van der Waals surface area contributed by atoms with E-state index in [1.165, 1.54) is 11.1 Å². The number of aliphatic carboxylic acids is 1. The van der Waals surface area contributed by atoms with Crippen molar-refractivity contribution in [2.75, 3.05) is 20.3 Å². The molecule has 1 fully saturated rings. The molecule has 1 saturated heterocycles. The van der Waals surface area contributed by atoms with Gasteiger partial charge >= 0.3 is 5.97 Å². The van der Waals surface area contributed by atoms with Gasteiger partial charge in [0.2, 0.25) is 0 Å². The second-order valence-electron chi connectivity index (χ2n) is 6.02. The molecule has 0 bridgehead atoms. The molecule has 0 saturated carbocycles. The van der Waals surface area contributed by atoms with Crippen LogP contribution in [0.5, 0.6) is 0 Å². The van der Waals surface area contributed by atoms with Crippen molar-refractivity contribution in [3.05, 3.63) is 33.8 Å². The molecule has 2 aliphatic rings. The lowest BCUT2D eigenvalue weighted by atomic mass is 9.86. The molecular weight excluding hydrogens is 334 g/mol. The Labute approximate surface area is 133 Å². The first-order chi connectivity index (χ1) is 10.1. The summed E-state index contributed by atoms with van der Waals surface area (Å²) in [5, 5.41) is 9.31. The van der Waals surface area contributed by atoms with E-state index in [-0.39, 0.29) is 6.04 Å². The fourth-order valence-electron chi connectivity index (χ4n) is 3.50. The zero-order chi connectivity index (χ0) is 15.0. The summed E-state index contributed by atoms with van der Waals surface area (Å²) in [4.78, 5) is 13.6. The Morgan fingerprint density at radius 1 is 1.38 bits per heavy atom. The topological polar surface area (TPSA) is 49.8 Å². The summed E-state index contributed by atoms with van der Waals surface area (Å²) in [5.41, 5.74) is 2.79. The van der Waals surface area contributed by atoms with Crippen LogP contribution in [-0.2, 0) is 22.4 Å². The highest BCUT2D eigenvalue weighted by Gasteiger charge is 2.39. The van der Waals surface area contributed by atoms with Crippen molar-refractivity contribution in [3.63, 3.8) is 0 Å². The Morgan fingerprint density at radius 3 is 2.95 bits per heavy atom. The highest BCUT2D eigenvalue weighted by molar-refractivity contribution is 9.10. The van der Waals surface area contributed by atoms with Crippen LogP contribution < -0.4 is 0 Å². The van der Waals surface area contributed by atoms with Crippen LogP contribution >= 0.6 is 15.9 Å². The third-order valence-electron chi connectivity index (χ3n) is 4.84. The minimum absolute atomic E-state index is 0.00972. The monoisotopic (exact) mass is 353 g/mol. The minimum Gasteiger partial charge on any atom is -0.481 e. The van der Waals surface area contributed by atoms with E-state index in [1.54, 1.807) is 0 Å². The maximum Gasteiger partial charge on any atom is 0.310 e. The van der Waals surface area contributed by atoms with Crippen LogP contribution in [0.1, 0.15) is 17.5 Å². The van der Waals surface area contributed by atoms with Crippen molar-refractivity contribution in [3.8, 4) is 0 Å². The Balaban J connectivity index is 1.73. The molecule has 21 heavy (non-hydrogen) atoms. The van der Waals surface area contributed by atoms with Crippen molar-refractivity contribution in [2.24, 2.45) is 5.92 Å². The zero-order valence-electron chi connectivity index (χ0n) is 12.1. The number of fused-ring (bicyclic) bond motifs is 1. The molecule has 1 aliphatic heterocycles. The van der Waals surface area contributed by atoms with Gasteiger partial charge in [0, 0.05) is 16.6 Å². The molecule has 0 spiro atoms. The SMILES string of the molecule is CN(C1CCc2cc(Br)ccc2C1)C1COCC1C(=O)O. The molecule has 1 aromatic carbocycles. The molecule has 1 aliphatic carbocycles. The normalized spacial score (nSPS) is 28.6. The number of hydrogen-bond donors (Lipinski definition) is 1. The number of likely N-dealkylation sites (N-methyl/N-ethyl adjacent to an activating group) is 1. The number of ether oxygens (including phenoxy) is 1. The third-order valence-corrected chi connectivity index (χ3v) is 5.33. The molecule has 1 aromatic rings. The molecule has 0 amide bonds. The second kappa shape index (κ2) is 6.07. The summed E-state index contributed by atoms with van der Waals surface area (Å²) >= 11 is 3.52. The van der Waals surface area contributed by atoms with E-state index < -0.39 is 11.9 Å². The van der Waals surface area contributed by atoms with Gasteiger partial charge < -0.3 is 9.84 Å². The van der Waals surface area contributed by atoms with Crippen molar-refractivity contribution in [1.82, 2.24) is 4.90 Å². The van der Waals surface area contributed by atoms with Crippen molar-refractivity contribution in [2.45, 2.75) is 31.3 Å². The van der Waals surface area contributed by atoms with E-state index in [0.717, 1.165) is 23.7 Å². The van der Waals surface area contributed by atoms with Crippen molar-refractivity contribution in [1.29, 1.82) is 0 Å². The second-order valence-corrected chi connectivity index (χ2v) is 6.94. The molecule has 0 aromatic heterocycles. The standard InChI is InChI=1S/C16H20BrNO3/c1-18(15-9-21-8-14(15)16(19)20)13-5-3-10-6-12(17)4-2-11(10)7-13/h2,4,6,13-15H,3,5,7-9H2,1H3,(H,19,20). The first kappa shape index (κ1) is 15.0. The lowest BCUT2D eigenvalue weighted by Gasteiger charge is -2.37. The van der Waals surface area contributed by atoms with Gasteiger partial charge in [-0.3, -0.25) is 9.69 Å². The maximum absolute atomic E-state index is 11.3. The molecule has 3 unspecified atom stereocenters. The zero-order valence-corrected chi connectivity index (χ0v) is 13.7. The summed E-state index contributed by atoms with van der Waals surface area (Å²) in [6.07, 6.45) is 3.11. The van der Waals surface area contributed by atoms with Gasteiger partial charge in [-0.2, -0.15) is 0 Å². The van der Waals surface area contributed by atoms with Gasteiger partial charge in [-0.05, 0) is 49.6 Å². The van der Waals surface area contributed by atoms with Gasteiger partial charge in [0.25, 0.3) is 0 Å². The fraction of sp³-hybridized carbons (Fsp3) is 0.562. The van der Waals surface area contributed by atoms with E-state index in [4.69, 9.17) is 4.74 Å². The highest BCUT2D eigenvalue weighted by atomic mass is 79.9. The van der Waals surface area contributed by atoms with E-state index in [2.05, 4.69) is 39.0 Å². The Hall–Kier alpha value is -0.910. The highest BCUT2D eigenvalue weighted by Crippen LogP contribution is 2.30. The van der Waals surface area contributed by atoms with Gasteiger partial charge in [-0.1, -0.05) is 22.0 Å². The molecule has 4 nitrogen and oxygen atoms in total. The maximum atomic E-state index is 11.3. The number of aryl methyl sites for hydroxylation is 1. The summed E-state index contributed by atoms with van der Waals surface area (Å²) in [6.45, 7) is 0.859. The van der Waals surface area contributed by atoms with E-state index in [9.17, 15) is 9.90 Å². The predicted octanol–water partition coefficient (Wildman–Crippen LogP) is 2.34. The number of rotatable bonds is 3. The van der Waals surface area contributed by atoms with E-state index >= 15 is 0 Å². The molecular formula is C16H20BrNO3. The average molecular weight is 354 g/mol. The van der Waals surface area contributed by atoms with Gasteiger partial charge in [-0.25, -0.2) is 0 Å². The van der Waals surface area contributed by atoms with E-state index in [1.807, 2.05) is 7.05 Å². The summed E-state index contributed by atoms with van der Waals surface area (Å²) in [5.74, 6) is -1.15. The Bertz CT molecular complexity index is 548. The van der Waals surface area contributed by atoms with Gasteiger partial charge in [-0.15, -0.1) is 0 Å². The molecule has 3 rings (SSSR count). The fourth-order valence-corrected chi connectivity index (χ4v) is 3.91. The van der Waals surface area contributed by atoms with Crippen LogP contribution in [-0.4, -0.2) is 48.3 Å². The van der Waals surface area contributed by atoms with Crippen LogP contribution in [0, 0.1) is 5.92 Å². The third kappa shape index (κ3) is 3.00. The first-order valence-electron chi connectivity index (χ1n) is 7.36. The number of carboxylic acid groups (broad SMARTS) is 1. The quantitative estimate of drug-likeness (QED) is 0.905. The minimum atomic E-state index is -0.746. The van der Waals surface area contributed by atoms with Crippen molar-refractivity contribution >= 4 is 21.9 Å². The lowest BCUT2D eigenvalue weighted by molar-refractivity contribution is -0.143. The number of hydrogen-bond acceptors (Lipinski definition) is 3. The Morgan fingerprint density at radius 2 is 2.19 bits per heavy atom. The molecule has 3 atom stereocenters. The smallest absolute Gasteiger partial charge is 0.310 e. The number of nitrogens with zero attached hydrogens (tertiary/aromatic N) is 1. The van der Waals surface area contributed by atoms with Crippen LogP contribution in [0.2, 0.25) is 0 Å². The van der Waals surface area contributed by atoms with Gasteiger partial charge in [0.1, 0.15) is 0 Å². The molecule has 114 valence electrons. The average Bonchev–Trinajstić information content (AvgIpc) is 2.95. The predicted molar refractivity (Wildman–Crippen MR) is 83.5 cm³/mol. The van der Waals surface area contributed by atoms with Crippen molar-refractivity contribution < 1.29 is 14.6 Å². The van der Waals surface area contributed by atoms with E-state index in [0.29, 0.717) is 19.3 Å². The van der Waals surface area contributed by atoms with Crippen LogP contribution in [0.15, 0.2) is 22.7 Å². The number of benzene rings is 1. The van der Waals surface area contributed by atoms with Crippen LogP contribution in [0.4, 0.5) is 0 Å². The lowest BCUT2D eigenvalue weighted by Crippen LogP contribution is -2.48. The number of carbonyl (C=O) groups is 1. The largest absolute Gasteiger partial charge is 0.481 e. The molecule has 1 heterocycles. The molecule has 1 N–H and O–H groups in total. The van der Waals surface area contributed by atoms with Crippen LogP contribution in [0.3, 0.4) is 0 Å². The summed E-state index contributed by atoms with van der Waals surface area (Å²) in [7, 11) is 2.05. The number of carboxylic acids is 1. The molecule has 5 heteroatoms. The summed E-state index contributed by atoms with van der Waals surface area (Å²) in [6, 6.07) is 6.85. The van der Waals surface area contributed by atoms with Gasteiger partial charge in [0.15, 0.2) is 0 Å². The summed E-state index contributed by atoms with van der Waals surface area (Å²) < 4.78 is 6.53. The Kier molecular flexibility index (Phi) is 4.33. The number of halogens is 1. The van der Waals surface area contributed by atoms with Crippen LogP contribution in [0.25, 0.3) is 0 Å². The first-order valence-corrected chi connectivity index (χ1v) is 8.15. The molecule has 0 radical (unpaired) electrons. The van der Waals surface area contributed by atoms with Gasteiger partial charge in [0.05, 0.1) is 19.1 Å².